The molecule has 140 valence electrons. The van der Waals surface area contributed by atoms with Gasteiger partial charge >= 0.3 is 0 Å². The number of benzene rings is 2. The molecule has 2 aromatic carbocycles. The molecule has 28 heavy (non-hydrogen) atoms. The van der Waals surface area contributed by atoms with Crippen molar-refractivity contribution in [2.75, 3.05) is 24.5 Å². The van der Waals surface area contributed by atoms with Crippen molar-refractivity contribution in [2.45, 2.75) is 12.8 Å². The molecule has 7 nitrogen and oxygen atoms in total. The van der Waals surface area contributed by atoms with E-state index in [4.69, 9.17) is 0 Å². The molecule has 1 fully saturated rings. The summed E-state index contributed by atoms with van der Waals surface area (Å²) in [5.74, 6) is 0.524. The molecule has 7 heteroatoms. The second kappa shape index (κ2) is 7.53. The molecule has 2 amide bonds. The minimum Gasteiger partial charge on any atom is -0.342 e. The van der Waals surface area contributed by atoms with E-state index in [2.05, 4.69) is 16.0 Å². The van der Waals surface area contributed by atoms with E-state index in [0.717, 1.165) is 16.9 Å². The Kier molecular flexibility index (Phi) is 4.77. The Labute approximate surface area is 162 Å². The lowest BCUT2D eigenvalue weighted by molar-refractivity contribution is -0.136. The molecule has 1 aliphatic heterocycles. The number of H-pyrrole nitrogens is 1. The molecule has 2 heterocycles. The summed E-state index contributed by atoms with van der Waals surface area (Å²) in [7, 11) is 0. The third kappa shape index (κ3) is 3.45. The predicted octanol–water partition coefficient (Wildman–Crippen LogP) is 2.24. The van der Waals surface area contributed by atoms with Gasteiger partial charge in [0.25, 0.3) is 0 Å². The van der Waals surface area contributed by atoms with Gasteiger partial charge in [-0.15, -0.1) is 0 Å². The van der Waals surface area contributed by atoms with Crippen molar-refractivity contribution in [3.8, 4) is 6.07 Å². The van der Waals surface area contributed by atoms with Crippen molar-refractivity contribution in [3.05, 3.63) is 59.9 Å². The van der Waals surface area contributed by atoms with Crippen LogP contribution in [0.25, 0.3) is 11.0 Å². The molecule has 1 aliphatic rings. The van der Waals surface area contributed by atoms with Crippen LogP contribution in [0.1, 0.15) is 17.8 Å². The summed E-state index contributed by atoms with van der Waals surface area (Å²) >= 11 is 0. The van der Waals surface area contributed by atoms with Gasteiger partial charge in [0.1, 0.15) is 18.4 Å². The maximum absolute atomic E-state index is 12.6. The number of para-hydroxylation sites is 3. The number of aryl methyl sites for hydroxylation is 1. The molecular weight excluding hydrogens is 354 g/mol. The SMILES string of the molecule is N#Cc1ccccc1N1CCN(C(=O)CCc2nc3ccccc3[nH]2)CC1=O. The lowest BCUT2D eigenvalue weighted by atomic mass is 10.1. The number of hydrogen-bond donors (Lipinski definition) is 1. The van der Waals surface area contributed by atoms with Gasteiger partial charge in [0, 0.05) is 25.9 Å². The number of amides is 2. The van der Waals surface area contributed by atoms with Crippen molar-refractivity contribution in [1.82, 2.24) is 14.9 Å². The minimum atomic E-state index is -0.175. The number of aromatic amines is 1. The molecule has 1 aromatic heterocycles. The smallest absolute Gasteiger partial charge is 0.246 e. The number of fused-ring (bicyclic) bond motifs is 1. The van der Waals surface area contributed by atoms with Gasteiger partial charge in [0.2, 0.25) is 11.8 Å². The van der Waals surface area contributed by atoms with Crippen molar-refractivity contribution in [2.24, 2.45) is 0 Å². The van der Waals surface area contributed by atoms with Crippen molar-refractivity contribution >= 4 is 28.5 Å². The van der Waals surface area contributed by atoms with Crippen molar-refractivity contribution in [1.29, 1.82) is 5.26 Å². The fraction of sp³-hybridized carbons (Fsp3) is 0.238. The van der Waals surface area contributed by atoms with Gasteiger partial charge in [0.05, 0.1) is 22.3 Å². The van der Waals surface area contributed by atoms with Crippen LogP contribution in [-0.2, 0) is 16.0 Å². The van der Waals surface area contributed by atoms with Crippen LogP contribution in [0.15, 0.2) is 48.5 Å². The van der Waals surface area contributed by atoms with Gasteiger partial charge in [-0.1, -0.05) is 24.3 Å². The van der Waals surface area contributed by atoms with Crippen LogP contribution in [-0.4, -0.2) is 46.3 Å². The number of hydrogen-bond acceptors (Lipinski definition) is 4. The first kappa shape index (κ1) is 17.7. The van der Waals surface area contributed by atoms with E-state index in [1.807, 2.05) is 24.3 Å². The summed E-state index contributed by atoms with van der Waals surface area (Å²) in [6, 6.07) is 16.9. The first-order chi connectivity index (χ1) is 13.7. The highest BCUT2D eigenvalue weighted by Crippen LogP contribution is 2.22. The Hall–Kier alpha value is -3.66. The quantitative estimate of drug-likeness (QED) is 0.759. The molecule has 0 unspecified atom stereocenters. The number of aromatic nitrogens is 2. The first-order valence-corrected chi connectivity index (χ1v) is 9.16. The van der Waals surface area contributed by atoms with Crippen molar-refractivity contribution in [3.63, 3.8) is 0 Å². The summed E-state index contributed by atoms with van der Waals surface area (Å²) < 4.78 is 0. The second-order valence-electron chi connectivity index (χ2n) is 6.69. The Morgan fingerprint density at radius 3 is 2.71 bits per heavy atom. The molecule has 4 rings (SSSR count). The van der Waals surface area contributed by atoms with Gasteiger partial charge < -0.3 is 14.8 Å². The zero-order chi connectivity index (χ0) is 19.5. The number of nitrogens with zero attached hydrogens (tertiary/aromatic N) is 4. The normalized spacial score (nSPS) is 14.3. The highest BCUT2D eigenvalue weighted by atomic mass is 16.2. The maximum Gasteiger partial charge on any atom is 0.246 e. The lowest BCUT2D eigenvalue weighted by Crippen LogP contribution is -2.52. The van der Waals surface area contributed by atoms with E-state index in [9.17, 15) is 14.9 Å². The van der Waals surface area contributed by atoms with E-state index in [-0.39, 0.29) is 18.4 Å². The first-order valence-electron chi connectivity index (χ1n) is 9.16. The summed E-state index contributed by atoms with van der Waals surface area (Å²) in [4.78, 5) is 36.0. The van der Waals surface area contributed by atoms with E-state index >= 15 is 0 Å². The number of imidazole rings is 1. The van der Waals surface area contributed by atoms with Gasteiger partial charge in [0.15, 0.2) is 0 Å². The Morgan fingerprint density at radius 1 is 1.14 bits per heavy atom. The second-order valence-corrected chi connectivity index (χ2v) is 6.69. The van der Waals surface area contributed by atoms with E-state index < -0.39 is 0 Å². The van der Waals surface area contributed by atoms with E-state index in [0.29, 0.717) is 37.2 Å². The van der Waals surface area contributed by atoms with E-state index in [1.54, 1.807) is 34.1 Å². The molecule has 0 saturated carbocycles. The van der Waals surface area contributed by atoms with Gasteiger partial charge in [-0.2, -0.15) is 5.26 Å². The van der Waals surface area contributed by atoms with E-state index in [1.165, 1.54) is 0 Å². The Balaban J connectivity index is 1.38. The number of anilines is 1. The molecule has 0 radical (unpaired) electrons. The molecule has 0 bridgehead atoms. The van der Waals surface area contributed by atoms with Gasteiger partial charge in [-0.25, -0.2) is 4.98 Å². The fourth-order valence-corrected chi connectivity index (χ4v) is 3.45. The van der Waals surface area contributed by atoms with Crippen molar-refractivity contribution < 1.29 is 9.59 Å². The maximum atomic E-state index is 12.6. The van der Waals surface area contributed by atoms with Crippen LogP contribution >= 0.6 is 0 Å². The Morgan fingerprint density at radius 2 is 1.93 bits per heavy atom. The molecular formula is C21H19N5O2. The number of carbonyl (C=O) groups excluding carboxylic acids is 2. The number of nitrogens with one attached hydrogen (secondary N) is 1. The summed E-state index contributed by atoms with van der Waals surface area (Å²) in [5, 5.41) is 9.24. The van der Waals surface area contributed by atoms with Crippen LogP contribution in [0.5, 0.6) is 0 Å². The van der Waals surface area contributed by atoms with Crippen LogP contribution in [0.3, 0.4) is 0 Å². The zero-order valence-electron chi connectivity index (χ0n) is 15.3. The number of rotatable bonds is 4. The summed E-state index contributed by atoms with van der Waals surface area (Å²) in [5.41, 5.74) is 2.89. The highest BCUT2D eigenvalue weighted by molar-refractivity contribution is 5.98. The van der Waals surface area contributed by atoms with Crippen LogP contribution in [0.4, 0.5) is 5.69 Å². The summed E-state index contributed by atoms with van der Waals surface area (Å²) in [6.07, 6.45) is 0.793. The predicted molar refractivity (Wildman–Crippen MR) is 105 cm³/mol. The topological polar surface area (TPSA) is 93.1 Å². The zero-order valence-corrected chi connectivity index (χ0v) is 15.3. The third-order valence-corrected chi connectivity index (χ3v) is 4.90. The lowest BCUT2D eigenvalue weighted by Gasteiger charge is -2.34. The number of nitriles is 1. The monoisotopic (exact) mass is 373 g/mol. The molecule has 1 N–H and O–H groups in total. The average Bonchev–Trinajstić information content (AvgIpc) is 3.15. The van der Waals surface area contributed by atoms with Gasteiger partial charge in [-0.3, -0.25) is 9.59 Å². The molecule has 0 spiro atoms. The molecule has 3 aromatic rings. The Bertz CT molecular complexity index is 1050. The fourth-order valence-electron chi connectivity index (χ4n) is 3.45. The third-order valence-electron chi connectivity index (χ3n) is 4.90. The minimum absolute atomic E-state index is 0.0265. The highest BCUT2D eigenvalue weighted by Gasteiger charge is 2.29. The van der Waals surface area contributed by atoms with Crippen LogP contribution in [0, 0.1) is 11.3 Å². The molecule has 0 atom stereocenters. The number of piperazine rings is 1. The van der Waals surface area contributed by atoms with Crippen LogP contribution < -0.4 is 4.90 Å². The van der Waals surface area contributed by atoms with Gasteiger partial charge in [-0.05, 0) is 24.3 Å². The molecule has 0 aliphatic carbocycles. The standard InChI is InChI=1S/C21H19N5O2/c22-13-15-5-1-4-8-18(15)26-12-11-25(14-21(26)28)20(27)10-9-19-23-16-6-2-3-7-17(16)24-19/h1-8H,9-12,14H2,(H,23,24). The average molecular weight is 373 g/mol. The summed E-state index contributed by atoms with van der Waals surface area (Å²) in [6.45, 7) is 0.858. The molecule has 1 saturated heterocycles. The van der Waals surface area contributed by atoms with Crippen LogP contribution in [0.2, 0.25) is 0 Å². The number of carbonyl (C=O) groups is 2. The largest absolute Gasteiger partial charge is 0.342 e.